The van der Waals surface area contributed by atoms with Gasteiger partial charge in [0.05, 0.1) is 0 Å². The fraction of sp³-hybridized carbons (Fsp3) is 0.0714. The van der Waals surface area contributed by atoms with E-state index in [1.54, 1.807) is 24.3 Å². The lowest BCUT2D eigenvalue weighted by atomic mass is 10.1. The Morgan fingerprint density at radius 2 is 2.00 bits per heavy atom. The van der Waals surface area contributed by atoms with Gasteiger partial charge in [-0.1, -0.05) is 12.1 Å². The van der Waals surface area contributed by atoms with Crippen molar-refractivity contribution in [3.8, 4) is 5.75 Å². The molecule has 98 valence electrons. The average Bonchev–Trinajstić information content (AvgIpc) is 2.37. The lowest BCUT2D eigenvalue weighted by Gasteiger charge is -2.09. The van der Waals surface area contributed by atoms with E-state index >= 15 is 0 Å². The van der Waals surface area contributed by atoms with E-state index in [-0.39, 0.29) is 12.4 Å². The molecular weight excluding hydrogens is 247 g/mol. The normalized spacial score (nSPS) is 10.2. The van der Waals surface area contributed by atoms with Crippen LogP contribution in [0.25, 0.3) is 0 Å². The van der Waals surface area contributed by atoms with E-state index in [0.717, 1.165) is 0 Å². The SMILES string of the molecule is NC(=O)c1ccc(COc2cccc(F)c2)c(N)c1. The highest BCUT2D eigenvalue weighted by Gasteiger charge is 2.05. The van der Waals surface area contributed by atoms with Crippen molar-refractivity contribution in [2.75, 3.05) is 5.73 Å². The molecule has 0 saturated heterocycles. The molecule has 19 heavy (non-hydrogen) atoms. The second kappa shape index (κ2) is 5.39. The number of hydrogen-bond donors (Lipinski definition) is 2. The third-order valence-electron chi connectivity index (χ3n) is 2.62. The zero-order valence-electron chi connectivity index (χ0n) is 10.1. The van der Waals surface area contributed by atoms with E-state index in [1.165, 1.54) is 18.2 Å². The molecule has 0 saturated carbocycles. The van der Waals surface area contributed by atoms with Crippen LogP contribution in [0.15, 0.2) is 42.5 Å². The number of primary amides is 1. The summed E-state index contributed by atoms with van der Waals surface area (Å²) in [7, 11) is 0. The van der Waals surface area contributed by atoms with E-state index in [1.807, 2.05) is 0 Å². The number of anilines is 1. The molecule has 0 heterocycles. The van der Waals surface area contributed by atoms with E-state index in [9.17, 15) is 9.18 Å². The number of benzene rings is 2. The van der Waals surface area contributed by atoms with Gasteiger partial charge < -0.3 is 16.2 Å². The maximum absolute atomic E-state index is 13.0. The minimum atomic E-state index is -0.538. The Kier molecular flexibility index (Phi) is 3.66. The van der Waals surface area contributed by atoms with Gasteiger partial charge in [0, 0.05) is 22.9 Å². The molecule has 1 amide bonds. The predicted octanol–water partition coefficient (Wildman–Crippen LogP) is 2.09. The van der Waals surface area contributed by atoms with Crippen molar-refractivity contribution in [2.45, 2.75) is 6.61 Å². The number of hydrogen-bond acceptors (Lipinski definition) is 3. The summed E-state index contributed by atoms with van der Waals surface area (Å²) in [6.07, 6.45) is 0. The first-order valence-electron chi connectivity index (χ1n) is 5.63. The molecule has 2 aromatic carbocycles. The average molecular weight is 260 g/mol. The Bertz CT molecular complexity index is 614. The molecule has 4 nitrogen and oxygen atoms in total. The van der Waals surface area contributed by atoms with Crippen LogP contribution in [0.3, 0.4) is 0 Å². The quantitative estimate of drug-likeness (QED) is 0.826. The summed E-state index contributed by atoms with van der Waals surface area (Å²) in [5.74, 6) is -0.489. The third-order valence-corrected chi connectivity index (χ3v) is 2.62. The van der Waals surface area contributed by atoms with Crippen molar-refractivity contribution in [1.29, 1.82) is 0 Å². The largest absolute Gasteiger partial charge is 0.489 e. The van der Waals surface area contributed by atoms with Crippen LogP contribution in [-0.2, 0) is 6.61 Å². The summed E-state index contributed by atoms with van der Waals surface area (Å²) in [4.78, 5) is 11.0. The Labute approximate surface area is 109 Å². The minimum absolute atomic E-state index is 0.189. The molecule has 5 heteroatoms. The highest BCUT2D eigenvalue weighted by Crippen LogP contribution is 2.18. The van der Waals surface area contributed by atoms with Gasteiger partial charge in [-0.25, -0.2) is 4.39 Å². The second-order valence-electron chi connectivity index (χ2n) is 4.02. The van der Waals surface area contributed by atoms with Gasteiger partial charge >= 0.3 is 0 Å². The topological polar surface area (TPSA) is 78.3 Å². The molecule has 0 aliphatic heterocycles. The molecule has 0 aliphatic rings. The molecule has 0 unspecified atom stereocenters. The molecule has 0 spiro atoms. The Morgan fingerprint density at radius 1 is 1.21 bits per heavy atom. The molecule has 4 N–H and O–H groups in total. The van der Waals surface area contributed by atoms with Crippen molar-refractivity contribution < 1.29 is 13.9 Å². The smallest absolute Gasteiger partial charge is 0.248 e. The van der Waals surface area contributed by atoms with Crippen molar-refractivity contribution in [2.24, 2.45) is 5.73 Å². The number of amides is 1. The van der Waals surface area contributed by atoms with Gasteiger partial charge in [0.1, 0.15) is 18.2 Å². The zero-order valence-corrected chi connectivity index (χ0v) is 10.1. The minimum Gasteiger partial charge on any atom is -0.489 e. The van der Waals surface area contributed by atoms with Crippen molar-refractivity contribution in [3.05, 3.63) is 59.4 Å². The first-order valence-corrected chi connectivity index (χ1v) is 5.63. The molecule has 0 atom stereocenters. The van der Waals surface area contributed by atoms with Crippen LogP contribution < -0.4 is 16.2 Å². The lowest BCUT2D eigenvalue weighted by molar-refractivity contribution is 0.100. The van der Waals surface area contributed by atoms with Gasteiger partial charge in [-0.2, -0.15) is 0 Å². The molecule has 2 rings (SSSR count). The number of rotatable bonds is 4. The standard InChI is InChI=1S/C14H13FN2O2/c15-11-2-1-3-12(7-11)19-8-10-5-4-9(14(17)18)6-13(10)16/h1-7H,8,16H2,(H2,17,18). The van der Waals surface area contributed by atoms with Gasteiger partial charge in [-0.3, -0.25) is 4.79 Å². The summed E-state index contributed by atoms with van der Waals surface area (Å²) < 4.78 is 18.4. The van der Waals surface area contributed by atoms with Crippen molar-refractivity contribution in [1.82, 2.24) is 0 Å². The Balaban J connectivity index is 2.10. The number of nitrogen functional groups attached to an aromatic ring is 1. The predicted molar refractivity (Wildman–Crippen MR) is 70.1 cm³/mol. The molecule has 2 aromatic rings. The highest BCUT2D eigenvalue weighted by molar-refractivity contribution is 5.93. The lowest BCUT2D eigenvalue weighted by Crippen LogP contribution is -2.12. The Morgan fingerprint density at radius 3 is 2.63 bits per heavy atom. The second-order valence-corrected chi connectivity index (χ2v) is 4.02. The summed E-state index contributed by atoms with van der Waals surface area (Å²) in [6, 6.07) is 10.6. The number of ether oxygens (including phenoxy) is 1. The molecule has 0 fully saturated rings. The highest BCUT2D eigenvalue weighted by atomic mass is 19.1. The molecule has 0 radical (unpaired) electrons. The summed E-state index contributed by atoms with van der Waals surface area (Å²) in [6.45, 7) is 0.189. The number of carbonyl (C=O) groups excluding carboxylic acids is 1. The Hall–Kier alpha value is -2.56. The van der Waals surface area contributed by atoms with E-state index in [4.69, 9.17) is 16.2 Å². The van der Waals surface area contributed by atoms with Gasteiger partial charge in [0.2, 0.25) is 5.91 Å². The van der Waals surface area contributed by atoms with Crippen LogP contribution in [0.5, 0.6) is 5.75 Å². The first kappa shape index (κ1) is 12.9. The fourth-order valence-electron chi connectivity index (χ4n) is 1.60. The molecule has 0 aliphatic carbocycles. The van der Waals surface area contributed by atoms with Crippen LogP contribution in [0.4, 0.5) is 10.1 Å². The van der Waals surface area contributed by atoms with Gasteiger partial charge in [0.15, 0.2) is 0 Å². The molecule has 0 bridgehead atoms. The van der Waals surface area contributed by atoms with Crippen LogP contribution in [-0.4, -0.2) is 5.91 Å². The van der Waals surface area contributed by atoms with Crippen LogP contribution in [0.1, 0.15) is 15.9 Å². The van der Waals surface area contributed by atoms with Gasteiger partial charge in [-0.15, -0.1) is 0 Å². The van der Waals surface area contributed by atoms with Crippen molar-refractivity contribution >= 4 is 11.6 Å². The van der Waals surface area contributed by atoms with Crippen LogP contribution in [0, 0.1) is 5.82 Å². The first-order chi connectivity index (χ1) is 9.06. The van der Waals surface area contributed by atoms with E-state index in [2.05, 4.69) is 0 Å². The monoisotopic (exact) mass is 260 g/mol. The van der Waals surface area contributed by atoms with Crippen LogP contribution in [0.2, 0.25) is 0 Å². The van der Waals surface area contributed by atoms with Crippen molar-refractivity contribution in [3.63, 3.8) is 0 Å². The maximum Gasteiger partial charge on any atom is 0.248 e. The maximum atomic E-state index is 13.0. The summed E-state index contributed by atoms with van der Waals surface area (Å²) >= 11 is 0. The zero-order chi connectivity index (χ0) is 13.8. The molecular formula is C14H13FN2O2. The van der Waals surface area contributed by atoms with Crippen LogP contribution >= 0.6 is 0 Å². The molecule has 0 aromatic heterocycles. The number of carbonyl (C=O) groups is 1. The summed E-state index contributed by atoms with van der Waals surface area (Å²) in [5.41, 5.74) is 12.4. The van der Waals surface area contributed by atoms with E-state index in [0.29, 0.717) is 22.6 Å². The fourth-order valence-corrected chi connectivity index (χ4v) is 1.60. The third kappa shape index (κ3) is 3.22. The van der Waals surface area contributed by atoms with Gasteiger partial charge in [0.25, 0.3) is 0 Å². The number of nitrogens with two attached hydrogens (primary N) is 2. The number of halogens is 1. The van der Waals surface area contributed by atoms with E-state index < -0.39 is 5.91 Å². The summed E-state index contributed by atoms with van der Waals surface area (Å²) in [5, 5.41) is 0. The van der Waals surface area contributed by atoms with Gasteiger partial charge in [-0.05, 0) is 24.3 Å².